The van der Waals surface area contributed by atoms with Crippen molar-refractivity contribution in [1.82, 2.24) is 9.80 Å². The van der Waals surface area contributed by atoms with Crippen LogP contribution in [-0.4, -0.2) is 41.1 Å². The van der Waals surface area contributed by atoms with Gasteiger partial charge >= 0.3 is 0 Å². The van der Waals surface area contributed by atoms with Crippen molar-refractivity contribution in [1.29, 1.82) is 0 Å². The van der Waals surface area contributed by atoms with Crippen molar-refractivity contribution in [2.75, 3.05) is 13.2 Å². The summed E-state index contributed by atoms with van der Waals surface area (Å²) in [7, 11) is 0. The summed E-state index contributed by atoms with van der Waals surface area (Å²) in [6.07, 6.45) is 8.98. The van der Waals surface area contributed by atoms with Gasteiger partial charge in [-0.2, -0.15) is 0 Å². The maximum Gasteiger partial charge on any atom is 0.0635 e. The summed E-state index contributed by atoms with van der Waals surface area (Å²) in [6.45, 7) is 1.86. The van der Waals surface area contributed by atoms with Gasteiger partial charge in [-0.3, -0.25) is 9.80 Å². The van der Waals surface area contributed by atoms with Crippen LogP contribution in [0.1, 0.15) is 62.1 Å². The molecule has 2 N–H and O–H groups in total. The summed E-state index contributed by atoms with van der Waals surface area (Å²) in [5, 5.41) is 1.66. The maximum absolute atomic E-state index is 6.75. The van der Waals surface area contributed by atoms with Crippen molar-refractivity contribution >= 4 is 23.2 Å². The highest BCUT2D eigenvalue weighted by Gasteiger charge is 2.47. The van der Waals surface area contributed by atoms with Crippen LogP contribution >= 0.6 is 23.2 Å². The van der Waals surface area contributed by atoms with Crippen molar-refractivity contribution in [3.63, 3.8) is 0 Å². The van der Waals surface area contributed by atoms with E-state index in [1.807, 2.05) is 24.3 Å². The minimum Gasteiger partial charge on any atom is -0.318 e. The van der Waals surface area contributed by atoms with Gasteiger partial charge in [0.15, 0.2) is 0 Å². The fourth-order valence-electron chi connectivity index (χ4n) is 6.65. The third kappa shape index (κ3) is 4.16. The first-order valence-electron chi connectivity index (χ1n) is 11.9. The molecule has 5 heteroatoms. The van der Waals surface area contributed by atoms with Crippen LogP contribution < -0.4 is 5.73 Å². The molecule has 3 heterocycles. The molecule has 3 aliphatic heterocycles. The van der Waals surface area contributed by atoms with Crippen LogP contribution in [0, 0.1) is 5.92 Å². The third-order valence-electron chi connectivity index (χ3n) is 7.97. The minimum atomic E-state index is 0.109. The van der Waals surface area contributed by atoms with Gasteiger partial charge in [0, 0.05) is 34.8 Å². The Kier molecular flexibility index (Phi) is 6.59. The molecule has 3 unspecified atom stereocenters. The molecule has 0 radical (unpaired) electrons. The smallest absolute Gasteiger partial charge is 0.0635 e. The summed E-state index contributed by atoms with van der Waals surface area (Å²) in [4.78, 5) is 5.30. The van der Waals surface area contributed by atoms with Gasteiger partial charge in [0.1, 0.15) is 0 Å². The Morgan fingerprint density at radius 1 is 0.839 bits per heavy atom. The molecule has 3 aliphatic rings. The Morgan fingerprint density at radius 2 is 1.42 bits per heavy atom. The molecule has 0 amide bonds. The van der Waals surface area contributed by atoms with Gasteiger partial charge in [-0.1, -0.05) is 66.0 Å². The Bertz CT molecular complexity index is 844. The van der Waals surface area contributed by atoms with Gasteiger partial charge in [-0.25, -0.2) is 0 Å². The van der Waals surface area contributed by atoms with E-state index in [0.29, 0.717) is 24.8 Å². The summed E-state index contributed by atoms with van der Waals surface area (Å²) in [5.41, 5.74) is 8.48. The molecule has 0 spiro atoms. The number of nitrogens with two attached hydrogens (primary N) is 1. The first kappa shape index (κ1) is 21.7. The second-order valence-corrected chi connectivity index (χ2v) is 10.4. The number of piperidine rings is 2. The predicted octanol–water partition coefficient (Wildman–Crippen LogP) is 6.10. The zero-order valence-electron chi connectivity index (χ0n) is 18.1. The largest absolute Gasteiger partial charge is 0.318 e. The second-order valence-electron chi connectivity index (χ2n) is 9.57. The molecule has 2 bridgehead atoms. The van der Waals surface area contributed by atoms with Crippen molar-refractivity contribution in [2.45, 2.75) is 69.1 Å². The van der Waals surface area contributed by atoms with Crippen molar-refractivity contribution in [2.24, 2.45) is 11.7 Å². The van der Waals surface area contributed by atoms with E-state index in [4.69, 9.17) is 28.9 Å². The van der Waals surface area contributed by atoms with Crippen LogP contribution in [0.3, 0.4) is 0 Å². The average molecular weight is 458 g/mol. The lowest BCUT2D eigenvalue weighted by Gasteiger charge is -2.49. The van der Waals surface area contributed by atoms with E-state index in [-0.39, 0.29) is 6.04 Å². The Balaban J connectivity index is 1.48. The number of hydrogen-bond donors (Lipinski definition) is 1. The first-order valence-corrected chi connectivity index (χ1v) is 12.6. The van der Waals surface area contributed by atoms with E-state index in [1.54, 1.807) is 0 Å². The molecule has 0 aliphatic carbocycles. The molecule has 166 valence electrons. The van der Waals surface area contributed by atoms with Crippen LogP contribution in [0.25, 0.3) is 0 Å². The predicted molar refractivity (Wildman–Crippen MR) is 130 cm³/mol. The Morgan fingerprint density at radius 3 is 1.97 bits per heavy atom. The number of fused-ring (bicyclic) bond motifs is 2. The molecule has 0 saturated carbocycles. The van der Waals surface area contributed by atoms with Crippen LogP contribution in [0.15, 0.2) is 48.5 Å². The van der Waals surface area contributed by atoms with E-state index in [1.165, 1.54) is 62.6 Å². The van der Waals surface area contributed by atoms with Crippen LogP contribution in [-0.2, 0) is 0 Å². The molecule has 3 saturated heterocycles. The fourth-order valence-corrected chi connectivity index (χ4v) is 7.13. The highest BCUT2D eigenvalue weighted by Crippen LogP contribution is 2.49. The summed E-state index contributed by atoms with van der Waals surface area (Å²) in [5.74, 6) is 0.746. The van der Waals surface area contributed by atoms with Gasteiger partial charge in [0.2, 0.25) is 0 Å². The highest BCUT2D eigenvalue weighted by molar-refractivity contribution is 6.32. The van der Waals surface area contributed by atoms with Gasteiger partial charge in [-0.05, 0) is 74.2 Å². The quantitative estimate of drug-likeness (QED) is 0.588. The zero-order chi connectivity index (χ0) is 21.4. The molecule has 3 atom stereocenters. The van der Waals surface area contributed by atoms with Gasteiger partial charge in [-0.15, -0.1) is 0 Å². The minimum absolute atomic E-state index is 0.109. The van der Waals surface area contributed by atoms with E-state index >= 15 is 0 Å². The monoisotopic (exact) mass is 457 g/mol. The third-order valence-corrected chi connectivity index (χ3v) is 8.66. The molecular weight excluding hydrogens is 425 g/mol. The van der Waals surface area contributed by atoms with Gasteiger partial charge < -0.3 is 5.73 Å². The van der Waals surface area contributed by atoms with E-state index in [9.17, 15) is 0 Å². The first-order chi connectivity index (χ1) is 15.2. The summed E-state index contributed by atoms with van der Waals surface area (Å²) < 4.78 is 0. The van der Waals surface area contributed by atoms with Crippen molar-refractivity contribution in [3.05, 3.63) is 69.7 Å². The van der Waals surface area contributed by atoms with E-state index in [0.717, 1.165) is 16.0 Å². The normalized spacial score (nSPS) is 29.5. The number of rotatable bonds is 5. The number of halogens is 2. The topological polar surface area (TPSA) is 32.5 Å². The molecule has 0 aromatic heterocycles. The average Bonchev–Trinajstić information content (AvgIpc) is 3.04. The van der Waals surface area contributed by atoms with E-state index < -0.39 is 0 Å². The zero-order valence-corrected chi connectivity index (χ0v) is 19.6. The molecule has 3 nitrogen and oxygen atoms in total. The number of benzene rings is 2. The molecule has 2 aromatic carbocycles. The summed E-state index contributed by atoms with van der Waals surface area (Å²) in [6, 6.07) is 18.5. The maximum atomic E-state index is 6.75. The lowest BCUT2D eigenvalue weighted by molar-refractivity contribution is 0.0177. The van der Waals surface area contributed by atoms with Crippen molar-refractivity contribution in [3.8, 4) is 0 Å². The molecule has 5 rings (SSSR count). The number of nitrogens with zero attached hydrogens (tertiary/aromatic N) is 2. The highest BCUT2D eigenvalue weighted by atomic mass is 35.5. The molecule has 3 fully saturated rings. The van der Waals surface area contributed by atoms with Crippen LogP contribution in [0.5, 0.6) is 0 Å². The summed E-state index contributed by atoms with van der Waals surface area (Å²) >= 11 is 13.5. The fraction of sp³-hybridized carbons (Fsp3) is 0.538. The van der Waals surface area contributed by atoms with Crippen LogP contribution in [0.2, 0.25) is 10.0 Å². The number of likely N-dealkylation sites (tertiary alicyclic amines) is 1. The standard InChI is InChI=1S/C26H33Cl2N3/c27-23-9-3-1-7-21(23)26(22-8-2-4-10-24(22)28)31-19-12-13-20(31)16-18(15-19)25-11-5-6-14-30(25)17-29/h1-4,7-10,18-20,25-26H,5-6,11-17,29H2. The van der Waals surface area contributed by atoms with Gasteiger partial charge in [0.25, 0.3) is 0 Å². The van der Waals surface area contributed by atoms with Gasteiger partial charge in [0.05, 0.1) is 6.04 Å². The lowest BCUT2D eigenvalue weighted by Crippen LogP contribution is -2.53. The van der Waals surface area contributed by atoms with Crippen molar-refractivity contribution < 1.29 is 0 Å². The molecule has 2 aromatic rings. The Labute approximate surface area is 196 Å². The van der Waals surface area contributed by atoms with Crippen LogP contribution in [0.4, 0.5) is 0 Å². The Hall–Kier alpha value is -1.10. The molecule has 31 heavy (non-hydrogen) atoms. The lowest BCUT2D eigenvalue weighted by atomic mass is 9.79. The molecular formula is C26H33Cl2N3. The van der Waals surface area contributed by atoms with E-state index in [2.05, 4.69) is 34.1 Å². The SMILES string of the molecule is NCN1CCCCC1C1CC2CCC(C1)N2C(c1ccccc1Cl)c1ccccc1Cl. The second kappa shape index (κ2) is 9.41. The number of hydrogen-bond acceptors (Lipinski definition) is 3.